The lowest BCUT2D eigenvalue weighted by atomic mass is 10.0. The lowest BCUT2D eigenvalue weighted by Gasteiger charge is -2.13. The zero-order valence-corrected chi connectivity index (χ0v) is 11.1. The second-order valence-electron chi connectivity index (χ2n) is 4.66. The molecule has 2 nitrogen and oxygen atoms in total. The number of para-hydroxylation sites is 1. The third-order valence-corrected chi connectivity index (χ3v) is 3.18. The molecule has 0 bridgehead atoms. The molecule has 0 aliphatic heterocycles. The summed E-state index contributed by atoms with van der Waals surface area (Å²) in [6.45, 7) is 0. The van der Waals surface area contributed by atoms with Gasteiger partial charge in [0.05, 0.1) is 0 Å². The van der Waals surface area contributed by atoms with Crippen LogP contribution in [-0.4, -0.2) is 0 Å². The van der Waals surface area contributed by atoms with Crippen molar-refractivity contribution in [2.75, 3.05) is 11.1 Å². The largest absolute Gasteiger partial charge is 0.399 e. The first kappa shape index (κ1) is 12.3. The summed E-state index contributed by atoms with van der Waals surface area (Å²) in [6.07, 6.45) is 0. The summed E-state index contributed by atoms with van der Waals surface area (Å²) >= 11 is 0. The van der Waals surface area contributed by atoms with Crippen LogP contribution in [0.5, 0.6) is 0 Å². The molecule has 3 aromatic rings. The van der Waals surface area contributed by atoms with Gasteiger partial charge in [0, 0.05) is 22.6 Å². The van der Waals surface area contributed by atoms with E-state index in [4.69, 9.17) is 5.73 Å². The molecule has 0 aliphatic rings. The smallest absolute Gasteiger partial charge is 0.0484 e. The van der Waals surface area contributed by atoms with Gasteiger partial charge in [-0.2, -0.15) is 0 Å². The third kappa shape index (κ3) is 2.64. The molecule has 0 fully saturated rings. The molecule has 0 saturated carbocycles. The van der Waals surface area contributed by atoms with E-state index in [1.54, 1.807) is 0 Å². The Morgan fingerprint density at radius 2 is 1.35 bits per heavy atom. The van der Waals surface area contributed by atoms with Gasteiger partial charge in [-0.05, 0) is 29.8 Å². The van der Waals surface area contributed by atoms with Crippen LogP contribution < -0.4 is 11.1 Å². The molecule has 0 atom stereocenters. The van der Waals surface area contributed by atoms with Gasteiger partial charge in [0.15, 0.2) is 0 Å². The molecular formula is C18H16N2. The molecule has 3 aromatic carbocycles. The summed E-state index contributed by atoms with van der Waals surface area (Å²) < 4.78 is 0. The predicted octanol–water partition coefficient (Wildman–Crippen LogP) is 4.68. The number of nitrogen functional groups attached to an aromatic ring is 1. The van der Waals surface area contributed by atoms with Crippen molar-refractivity contribution in [3.05, 3.63) is 78.9 Å². The Morgan fingerprint density at radius 3 is 2.05 bits per heavy atom. The Bertz CT molecular complexity index is 691. The van der Waals surface area contributed by atoms with E-state index in [1.807, 2.05) is 60.7 Å². The fourth-order valence-electron chi connectivity index (χ4n) is 2.21. The fourth-order valence-corrected chi connectivity index (χ4v) is 2.21. The summed E-state index contributed by atoms with van der Waals surface area (Å²) in [6, 6.07) is 26.3. The van der Waals surface area contributed by atoms with Gasteiger partial charge >= 0.3 is 0 Å². The molecule has 0 aromatic heterocycles. The summed E-state index contributed by atoms with van der Waals surface area (Å²) in [5.74, 6) is 0. The minimum Gasteiger partial charge on any atom is -0.399 e. The predicted molar refractivity (Wildman–Crippen MR) is 86.0 cm³/mol. The quantitative estimate of drug-likeness (QED) is 0.671. The van der Waals surface area contributed by atoms with E-state index in [-0.39, 0.29) is 0 Å². The van der Waals surface area contributed by atoms with E-state index in [1.165, 1.54) is 5.56 Å². The normalized spacial score (nSPS) is 10.2. The van der Waals surface area contributed by atoms with Gasteiger partial charge in [-0.15, -0.1) is 0 Å². The van der Waals surface area contributed by atoms with Crippen LogP contribution >= 0.6 is 0 Å². The molecule has 0 unspecified atom stereocenters. The van der Waals surface area contributed by atoms with Gasteiger partial charge in [0.2, 0.25) is 0 Å². The van der Waals surface area contributed by atoms with Gasteiger partial charge in [-0.3, -0.25) is 0 Å². The maximum Gasteiger partial charge on any atom is 0.0484 e. The molecule has 0 saturated heterocycles. The maximum atomic E-state index is 5.92. The summed E-state index contributed by atoms with van der Waals surface area (Å²) in [5.41, 5.74) is 11.1. The second kappa shape index (κ2) is 5.49. The fraction of sp³-hybridized carbons (Fsp3) is 0. The van der Waals surface area contributed by atoms with Crippen molar-refractivity contribution in [2.24, 2.45) is 0 Å². The van der Waals surface area contributed by atoms with Gasteiger partial charge in [-0.25, -0.2) is 0 Å². The SMILES string of the molecule is Nc1ccc(-c2ccccc2)c(Nc2ccccc2)c1. The van der Waals surface area contributed by atoms with Crippen molar-refractivity contribution in [3.8, 4) is 11.1 Å². The molecule has 3 N–H and O–H groups in total. The number of benzene rings is 3. The maximum absolute atomic E-state index is 5.92. The summed E-state index contributed by atoms with van der Waals surface area (Å²) in [7, 11) is 0. The van der Waals surface area contributed by atoms with Crippen molar-refractivity contribution in [3.63, 3.8) is 0 Å². The van der Waals surface area contributed by atoms with Gasteiger partial charge < -0.3 is 11.1 Å². The molecule has 0 amide bonds. The molecular weight excluding hydrogens is 244 g/mol. The first-order valence-electron chi connectivity index (χ1n) is 6.60. The lowest BCUT2D eigenvalue weighted by molar-refractivity contribution is 1.53. The second-order valence-corrected chi connectivity index (χ2v) is 4.66. The minimum atomic E-state index is 0.753. The monoisotopic (exact) mass is 260 g/mol. The first-order valence-corrected chi connectivity index (χ1v) is 6.60. The zero-order chi connectivity index (χ0) is 13.8. The Morgan fingerprint density at radius 1 is 0.700 bits per heavy atom. The Balaban J connectivity index is 2.03. The Labute approximate surface area is 118 Å². The van der Waals surface area contributed by atoms with Crippen LogP contribution in [0.15, 0.2) is 78.9 Å². The van der Waals surface area contributed by atoms with Crippen LogP contribution in [0.2, 0.25) is 0 Å². The number of rotatable bonds is 3. The minimum absolute atomic E-state index is 0.753. The van der Waals surface area contributed by atoms with Gasteiger partial charge in [0.25, 0.3) is 0 Å². The van der Waals surface area contributed by atoms with Gasteiger partial charge in [0.1, 0.15) is 0 Å². The Kier molecular flexibility index (Phi) is 3.38. The average molecular weight is 260 g/mol. The molecule has 0 aliphatic carbocycles. The first-order chi connectivity index (χ1) is 9.83. The molecule has 98 valence electrons. The van der Waals surface area contributed by atoms with Crippen LogP contribution in [0.25, 0.3) is 11.1 Å². The molecule has 0 radical (unpaired) electrons. The molecule has 2 heteroatoms. The standard InChI is InChI=1S/C18H16N2/c19-15-11-12-17(14-7-3-1-4-8-14)18(13-15)20-16-9-5-2-6-10-16/h1-13,20H,19H2. The summed E-state index contributed by atoms with van der Waals surface area (Å²) in [5, 5.41) is 3.43. The van der Waals surface area contributed by atoms with Crippen molar-refractivity contribution in [2.45, 2.75) is 0 Å². The zero-order valence-electron chi connectivity index (χ0n) is 11.1. The van der Waals surface area contributed by atoms with Crippen molar-refractivity contribution < 1.29 is 0 Å². The number of nitrogens with two attached hydrogens (primary N) is 1. The molecule has 0 spiro atoms. The van der Waals surface area contributed by atoms with Crippen molar-refractivity contribution >= 4 is 17.1 Å². The summed E-state index contributed by atoms with van der Waals surface area (Å²) in [4.78, 5) is 0. The van der Waals surface area contributed by atoms with Gasteiger partial charge in [-0.1, -0.05) is 54.6 Å². The van der Waals surface area contributed by atoms with Crippen LogP contribution in [0.3, 0.4) is 0 Å². The van der Waals surface area contributed by atoms with E-state index >= 15 is 0 Å². The van der Waals surface area contributed by atoms with Crippen LogP contribution in [-0.2, 0) is 0 Å². The molecule has 20 heavy (non-hydrogen) atoms. The van der Waals surface area contributed by atoms with E-state index in [2.05, 4.69) is 23.5 Å². The van der Waals surface area contributed by atoms with E-state index in [9.17, 15) is 0 Å². The number of hydrogen-bond donors (Lipinski definition) is 2. The van der Waals surface area contributed by atoms with E-state index in [0.717, 1.165) is 22.6 Å². The molecule has 3 rings (SSSR count). The average Bonchev–Trinajstić information content (AvgIpc) is 2.49. The highest BCUT2D eigenvalue weighted by Gasteiger charge is 2.05. The van der Waals surface area contributed by atoms with E-state index < -0.39 is 0 Å². The van der Waals surface area contributed by atoms with Crippen LogP contribution in [0.1, 0.15) is 0 Å². The van der Waals surface area contributed by atoms with Crippen LogP contribution in [0.4, 0.5) is 17.1 Å². The van der Waals surface area contributed by atoms with Crippen LogP contribution in [0, 0.1) is 0 Å². The highest BCUT2D eigenvalue weighted by atomic mass is 14.9. The number of nitrogens with one attached hydrogen (secondary N) is 1. The topological polar surface area (TPSA) is 38.0 Å². The van der Waals surface area contributed by atoms with Crippen molar-refractivity contribution in [1.29, 1.82) is 0 Å². The Hall–Kier alpha value is -2.74. The highest BCUT2D eigenvalue weighted by molar-refractivity contribution is 5.83. The third-order valence-electron chi connectivity index (χ3n) is 3.18. The lowest BCUT2D eigenvalue weighted by Crippen LogP contribution is -1.95. The number of hydrogen-bond acceptors (Lipinski definition) is 2. The number of anilines is 3. The molecule has 0 heterocycles. The highest BCUT2D eigenvalue weighted by Crippen LogP contribution is 2.31. The van der Waals surface area contributed by atoms with Crippen molar-refractivity contribution in [1.82, 2.24) is 0 Å². The van der Waals surface area contributed by atoms with E-state index in [0.29, 0.717) is 0 Å².